The molecule has 0 spiro atoms. The van der Waals surface area contributed by atoms with E-state index < -0.39 is 0 Å². The van der Waals surface area contributed by atoms with Gasteiger partial charge in [0.15, 0.2) is 11.6 Å². The fourth-order valence-corrected chi connectivity index (χ4v) is 1.64. The summed E-state index contributed by atoms with van der Waals surface area (Å²) in [6.45, 7) is 0. The Morgan fingerprint density at radius 1 is 1.24 bits per heavy atom. The van der Waals surface area contributed by atoms with E-state index in [0.29, 0.717) is 17.1 Å². The first-order valence-electron chi connectivity index (χ1n) is 5.88. The Balaban J connectivity index is 0.00000161. The van der Waals surface area contributed by atoms with Crippen LogP contribution >= 0.6 is 0 Å². The summed E-state index contributed by atoms with van der Waals surface area (Å²) in [7, 11) is 1.62. The van der Waals surface area contributed by atoms with Crippen molar-refractivity contribution < 1.29 is 46.0 Å². The minimum Gasteiger partial charge on any atom is -0.497 e. The fourth-order valence-electron chi connectivity index (χ4n) is 1.64. The molecule has 0 amide bonds. The SMILES string of the molecule is COc1ccc(-c2nncc(/N=c3/c[c-][nH][nH]3)n2)cc1.[Pr]. The van der Waals surface area contributed by atoms with Gasteiger partial charge in [0.1, 0.15) is 5.75 Å². The van der Waals surface area contributed by atoms with Crippen LogP contribution in [-0.2, 0) is 0 Å². The largest absolute Gasteiger partial charge is 0.497 e. The molecule has 2 N–H and O–H groups in total. The average molecular weight is 408 g/mol. The van der Waals surface area contributed by atoms with E-state index in [0.717, 1.165) is 11.3 Å². The molecule has 1 aromatic carbocycles. The molecule has 2 aromatic heterocycles. The maximum absolute atomic E-state index is 5.11. The van der Waals surface area contributed by atoms with Crippen LogP contribution in [0.1, 0.15) is 0 Å². The molecule has 0 aliphatic heterocycles. The Morgan fingerprint density at radius 2 is 2.05 bits per heavy atom. The van der Waals surface area contributed by atoms with Gasteiger partial charge in [0.05, 0.1) is 13.3 Å². The molecule has 103 valence electrons. The molecule has 3 aromatic rings. The Morgan fingerprint density at radius 3 is 2.71 bits per heavy atom. The Labute approximate surface area is 153 Å². The van der Waals surface area contributed by atoms with Crippen LogP contribution in [0.3, 0.4) is 0 Å². The van der Waals surface area contributed by atoms with Gasteiger partial charge in [0, 0.05) is 46.9 Å². The van der Waals surface area contributed by atoms with E-state index in [2.05, 4.69) is 36.6 Å². The molecule has 21 heavy (non-hydrogen) atoms. The molecule has 0 bridgehead atoms. The van der Waals surface area contributed by atoms with Gasteiger partial charge in [-0.05, 0) is 29.8 Å². The van der Waals surface area contributed by atoms with Gasteiger partial charge in [-0.1, -0.05) is 0 Å². The van der Waals surface area contributed by atoms with E-state index in [9.17, 15) is 0 Å². The van der Waals surface area contributed by atoms with E-state index in [1.54, 1.807) is 13.2 Å². The van der Waals surface area contributed by atoms with Gasteiger partial charge >= 0.3 is 0 Å². The van der Waals surface area contributed by atoms with Gasteiger partial charge in [0.2, 0.25) is 0 Å². The van der Waals surface area contributed by atoms with Crippen LogP contribution in [0.25, 0.3) is 11.4 Å². The number of ether oxygens (including phenoxy) is 1. The quantitative estimate of drug-likeness (QED) is 0.638. The van der Waals surface area contributed by atoms with Crippen LogP contribution in [0, 0.1) is 47.5 Å². The van der Waals surface area contributed by atoms with Crippen LogP contribution in [0.5, 0.6) is 5.75 Å². The first kappa shape index (κ1) is 15.8. The van der Waals surface area contributed by atoms with Gasteiger partial charge in [-0.15, -0.1) is 5.10 Å². The number of methoxy groups -OCH3 is 1. The topological polar surface area (TPSA) is 91.8 Å². The van der Waals surface area contributed by atoms with Crippen molar-refractivity contribution >= 4 is 5.82 Å². The maximum atomic E-state index is 5.11. The molecule has 0 saturated carbocycles. The van der Waals surface area contributed by atoms with Crippen molar-refractivity contribution in [3.63, 3.8) is 0 Å². The number of nitrogens with zero attached hydrogens (tertiary/aromatic N) is 4. The number of aromatic nitrogens is 5. The summed E-state index contributed by atoms with van der Waals surface area (Å²) in [4.78, 5) is 8.61. The molecule has 3 rings (SSSR count). The first-order valence-corrected chi connectivity index (χ1v) is 5.88. The van der Waals surface area contributed by atoms with Crippen molar-refractivity contribution in [2.45, 2.75) is 0 Å². The van der Waals surface area contributed by atoms with Crippen LogP contribution in [-0.4, -0.2) is 32.5 Å². The van der Waals surface area contributed by atoms with Crippen molar-refractivity contribution in [2.75, 3.05) is 7.11 Å². The fraction of sp³-hybridized carbons (Fsp3) is 0.0769. The number of nitrogens with one attached hydrogen (secondary N) is 2. The zero-order chi connectivity index (χ0) is 13.8. The summed E-state index contributed by atoms with van der Waals surface area (Å²) in [5, 5.41) is 13.4. The van der Waals surface area contributed by atoms with Gasteiger partial charge in [0.25, 0.3) is 0 Å². The number of rotatable bonds is 3. The molecule has 0 unspecified atom stereocenters. The molecule has 0 aliphatic rings. The van der Waals surface area contributed by atoms with E-state index in [1.807, 2.05) is 24.3 Å². The predicted molar refractivity (Wildman–Crippen MR) is 71.0 cm³/mol. The minimum atomic E-state index is 0. The smallest absolute Gasteiger partial charge is 0.183 e. The van der Waals surface area contributed by atoms with E-state index in [1.165, 1.54) is 6.20 Å². The third kappa shape index (κ3) is 3.95. The summed E-state index contributed by atoms with van der Waals surface area (Å²) in [6, 6.07) is 9.11. The molecule has 2 heterocycles. The van der Waals surface area contributed by atoms with Crippen LogP contribution in [0.15, 0.2) is 41.5 Å². The van der Waals surface area contributed by atoms with E-state index in [4.69, 9.17) is 4.74 Å². The Kier molecular flexibility index (Phi) is 5.58. The van der Waals surface area contributed by atoms with Crippen molar-refractivity contribution in [1.82, 2.24) is 25.4 Å². The number of benzene rings is 1. The van der Waals surface area contributed by atoms with Gasteiger partial charge in [-0.2, -0.15) is 17.4 Å². The van der Waals surface area contributed by atoms with Gasteiger partial charge in [-0.3, -0.25) is 0 Å². The summed E-state index contributed by atoms with van der Waals surface area (Å²) in [6.07, 6.45) is 4.25. The molecule has 0 saturated heterocycles. The Bertz CT molecular complexity index is 748. The molecule has 1 radical (unpaired) electrons. The summed E-state index contributed by atoms with van der Waals surface area (Å²) < 4.78 is 5.11. The number of hydrogen-bond acceptors (Lipinski definition) is 5. The Hall–Kier alpha value is -1.60. The molecule has 0 aliphatic carbocycles. The summed E-state index contributed by atoms with van der Waals surface area (Å²) in [5.41, 5.74) is 1.46. The molecular weight excluding hydrogens is 397 g/mol. The molecule has 7 nitrogen and oxygen atoms in total. The molecule has 0 atom stereocenters. The van der Waals surface area contributed by atoms with Crippen molar-refractivity contribution in [2.24, 2.45) is 4.99 Å². The van der Waals surface area contributed by atoms with Gasteiger partial charge < -0.3 is 19.9 Å². The van der Waals surface area contributed by atoms with E-state index >= 15 is 0 Å². The third-order valence-electron chi connectivity index (χ3n) is 2.60. The first-order chi connectivity index (χ1) is 9.85. The summed E-state index contributed by atoms with van der Waals surface area (Å²) in [5.74, 6) is 1.75. The zero-order valence-electron chi connectivity index (χ0n) is 11.2. The number of aromatic amines is 2. The second-order valence-electron chi connectivity index (χ2n) is 3.90. The number of hydrogen-bond donors (Lipinski definition) is 2. The maximum Gasteiger partial charge on any atom is 0.183 e. The minimum absolute atomic E-state index is 0. The van der Waals surface area contributed by atoms with Crippen LogP contribution in [0.2, 0.25) is 0 Å². The van der Waals surface area contributed by atoms with Crippen molar-refractivity contribution in [1.29, 1.82) is 0 Å². The predicted octanol–water partition coefficient (Wildman–Crippen LogP) is 1.24. The average Bonchev–Trinajstić information content (AvgIpc) is 3.01. The monoisotopic (exact) mass is 408 g/mol. The molecule has 8 heteroatoms. The standard InChI is InChI=1S/C13H11N6O.Pr/c1-20-10-4-2-9(3-5-10)13-17-12(8-15-19-13)16-11-6-7-14-18-11;/h2-6,8H,1H3,(H2,14,16,17,18,19);/q-1;. The van der Waals surface area contributed by atoms with Crippen LogP contribution < -0.4 is 10.2 Å². The third-order valence-corrected chi connectivity index (χ3v) is 2.60. The van der Waals surface area contributed by atoms with Crippen LogP contribution in [0.4, 0.5) is 5.82 Å². The van der Waals surface area contributed by atoms with E-state index in [-0.39, 0.29) is 41.3 Å². The molecule has 0 fully saturated rings. The van der Waals surface area contributed by atoms with Crippen molar-refractivity contribution in [3.05, 3.63) is 48.2 Å². The zero-order valence-corrected chi connectivity index (χ0v) is 14.9. The second-order valence-corrected chi connectivity index (χ2v) is 3.90. The number of H-pyrrole nitrogens is 2. The van der Waals surface area contributed by atoms with Gasteiger partial charge in [-0.25, -0.2) is 4.98 Å². The second kappa shape index (κ2) is 7.42. The molecular formula is C13H11N6OPr-. The van der Waals surface area contributed by atoms with Crippen molar-refractivity contribution in [3.8, 4) is 17.1 Å². The summed E-state index contributed by atoms with van der Waals surface area (Å²) >= 11 is 0. The normalized spacial score (nSPS) is 11.0.